The molecular formula is C8H7ClINO. The lowest BCUT2D eigenvalue weighted by Gasteiger charge is -2.03. The molecule has 4 heteroatoms. The summed E-state index contributed by atoms with van der Waals surface area (Å²) in [7, 11) is 0. The number of nitrogens with two attached hydrogens (primary N) is 1. The highest BCUT2D eigenvalue weighted by molar-refractivity contribution is 14.1. The Morgan fingerprint density at radius 3 is 2.67 bits per heavy atom. The Kier molecular flexibility index (Phi) is 2.95. The first-order chi connectivity index (χ1) is 5.52. The van der Waals surface area contributed by atoms with Crippen LogP contribution in [0.3, 0.4) is 0 Å². The van der Waals surface area contributed by atoms with E-state index in [9.17, 15) is 4.79 Å². The van der Waals surface area contributed by atoms with Crippen LogP contribution in [-0.4, -0.2) is 5.91 Å². The van der Waals surface area contributed by atoms with E-state index >= 15 is 0 Å². The number of carbonyl (C=O) groups is 1. The van der Waals surface area contributed by atoms with Gasteiger partial charge in [0.15, 0.2) is 0 Å². The van der Waals surface area contributed by atoms with Crippen molar-refractivity contribution in [1.29, 1.82) is 0 Å². The van der Waals surface area contributed by atoms with E-state index < -0.39 is 5.91 Å². The minimum Gasteiger partial charge on any atom is -0.366 e. The van der Waals surface area contributed by atoms with E-state index in [1.165, 1.54) is 0 Å². The van der Waals surface area contributed by atoms with Gasteiger partial charge in [-0.2, -0.15) is 0 Å². The van der Waals surface area contributed by atoms with Crippen LogP contribution in [0.25, 0.3) is 0 Å². The topological polar surface area (TPSA) is 43.1 Å². The zero-order chi connectivity index (χ0) is 9.30. The van der Waals surface area contributed by atoms with Gasteiger partial charge in [-0.25, -0.2) is 0 Å². The molecule has 0 saturated heterocycles. The molecule has 1 rings (SSSR count). The third kappa shape index (κ3) is 1.90. The van der Waals surface area contributed by atoms with Gasteiger partial charge in [0.2, 0.25) is 5.91 Å². The van der Waals surface area contributed by atoms with Crippen molar-refractivity contribution in [3.63, 3.8) is 0 Å². The van der Waals surface area contributed by atoms with E-state index in [4.69, 9.17) is 17.3 Å². The SMILES string of the molecule is Cc1cc(I)c(Cl)cc1C(N)=O. The predicted molar refractivity (Wildman–Crippen MR) is 57.4 cm³/mol. The number of aryl methyl sites for hydroxylation is 1. The van der Waals surface area contributed by atoms with Crippen LogP contribution in [0.15, 0.2) is 12.1 Å². The average Bonchev–Trinajstić information content (AvgIpc) is 1.96. The van der Waals surface area contributed by atoms with E-state index in [0.29, 0.717) is 10.6 Å². The molecule has 0 spiro atoms. The molecule has 0 aliphatic rings. The molecule has 0 aliphatic carbocycles. The number of hydrogen-bond acceptors (Lipinski definition) is 1. The summed E-state index contributed by atoms with van der Waals surface area (Å²) in [5.41, 5.74) is 6.48. The number of amides is 1. The average molecular weight is 296 g/mol. The zero-order valence-corrected chi connectivity index (χ0v) is 9.31. The van der Waals surface area contributed by atoms with Crippen molar-refractivity contribution >= 4 is 40.1 Å². The molecular weight excluding hydrogens is 288 g/mol. The van der Waals surface area contributed by atoms with E-state index in [1.807, 2.05) is 13.0 Å². The molecule has 12 heavy (non-hydrogen) atoms. The van der Waals surface area contributed by atoms with Gasteiger partial charge in [0, 0.05) is 9.13 Å². The molecule has 0 fully saturated rings. The normalized spacial score (nSPS) is 9.92. The fraction of sp³-hybridized carbons (Fsp3) is 0.125. The fourth-order valence-electron chi connectivity index (χ4n) is 0.912. The Morgan fingerprint density at radius 2 is 2.17 bits per heavy atom. The summed E-state index contributed by atoms with van der Waals surface area (Å²) in [6.07, 6.45) is 0. The maximum Gasteiger partial charge on any atom is 0.249 e. The maximum absolute atomic E-state index is 10.8. The van der Waals surface area contributed by atoms with Crippen LogP contribution in [0.2, 0.25) is 5.02 Å². The molecule has 64 valence electrons. The smallest absolute Gasteiger partial charge is 0.249 e. The van der Waals surface area contributed by atoms with Crippen LogP contribution in [0, 0.1) is 10.5 Å². The monoisotopic (exact) mass is 295 g/mol. The van der Waals surface area contributed by atoms with Crippen molar-refractivity contribution in [2.75, 3.05) is 0 Å². The Hall–Kier alpha value is -0.290. The lowest BCUT2D eigenvalue weighted by Crippen LogP contribution is -2.12. The molecule has 0 bridgehead atoms. The van der Waals surface area contributed by atoms with E-state index in [-0.39, 0.29) is 0 Å². The van der Waals surface area contributed by atoms with Crippen molar-refractivity contribution in [3.8, 4) is 0 Å². The molecule has 0 radical (unpaired) electrons. The second-order valence-corrected chi connectivity index (χ2v) is 4.01. The Morgan fingerprint density at radius 1 is 1.58 bits per heavy atom. The Bertz CT molecular complexity index is 338. The molecule has 0 atom stereocenters. The van der Waals surface area contributed by atoms with Crippen LogP contribution >= 0.6 is 34.2 Å². The van der Waals surface area contributed by atoms with Gasteiger partial charge in [0.25, 0.3) is 0 Å². The van der Waals surface area contributed by atoms with Gasteiger partial charge >= 0.3 is 0 Å². The number of benzene rings is 1. The van der Waals surface area contributed by atoms with Crippen molar-refractivity contribution in [2.24, 2.45) is 5.73 Å². The van der Waals surface area contributed by atoms with Gasteiger partial charge < -0.3 is 5.73 Å². The van der Waals surface area contributed by atoms with Crippen LogP contribution in [0.5, 0.6) is 0 Å². The van der Waals surface area contributed by atoms with Gasteiger partial charge in [-0.05, 0) is 47.2 Å². The summed E-state index contributed by atoms with van der Waals surface area (Å²) in [6.45, 7) is 1.83. The summed E-state index contributed by atoms with van der Waals surface area (Å²) < 4.78 is 0.928. The van der Waals surface area contributed by atoms with Crippen molar-refractivity contribution in [1.82, 2.24) is 0 Å². The number of hydrogen-bond donors (Lipinski definition) is 1. The summed E-state index contributed by atoms with van der Waals surface area (Å²) in [5, 5.41) is 0.565. The van der Waals surface area contributed by atoms with Crippen molar-refractivity contribution < 1.29 is 4.79 Å². The maximum atomic E-state index is 10.8. The lowest BCUT2D eigenvalue weighted by molar-refractivity contribution is 0.0999. The van der Waals surface area contributed by atoms with Crippen molar-refractivity contribution in [3.05, 3.63) is 31.9 Å². The van der Waals surface area contributed by atoms with Gasteiger partial charge in [0.1, 0.15) is 0 Å². The number of primary amides is 1. The molecule has 2 nitrogen and oxygen atoms in total. The minimum atomic E-state index is -0.439. The number of rotatable bonds is 1. The number of carbonyl (C=O) groups excluding carboxylic acids is 1. The van der Waals surface area contributed by atoms with Gasteiger partial charge in [-0.15, -0.1) is 0 Å². The van der Waals surface area contributed by atoms with Crippen LogP contribution in [0.4, 0.5) is 0 Å². The van der Waals surface area contributed by atoms with E-state index in [1.54, 1.807) is 6.07 Å². The van der Waals surface area contributed by atoms with Gasteiger partial charge in [0.05, 0.1) is 5.02 Å². The Balaban J connectivity index is 3.33. The molecule has 1 aromatic carbocycles. The third-order valence-electron chi connectivity index (χ3n) is 1.53. The lowest BCUT2D eigenvalue weighted by atomic mass is 10.1. The first-order valence-electron chi connectivity index (χ1n) is 3.28. The summed E-state index contributed by atoms with van der Waals surface area (Å²) in [4.78, 5) is 10.8. The van der Waals surface area contributed by atoms with Crippen LogP contribution in [0.1, 0.15) is 15.9 Å². The van der Waals surface area contributed by atoms with Crippen molar-refractivity contribution in [2.45, 2.75) is 6.92 Å². The molecule has 0 unspecified atom stereocenters. The molecule has 0 aliphatic heterocycles. The highest BCUT2D eigenvalue weighted by Gasteiger charge is 2.07. The zero-order valence-electron chi connectivity index (χ0n) is 6.40. The predicted octanol–water partition coefficient (Wildman–Crippen LogP) is 2.35. The first-order valence-corrected chi connectivity index (χ1v) is 4.73. The third-order valence-corrected chi connectivity index (χ3v) is 3.06. The molecule has 2 N–H and O–H groups in total. The minimum absolute atomic E-state index is 0.439. The number of halogens is 2. The molecule has 0 saturated carbocycles. The largest absolute Gasteiger partial charge is 0.366 e. The van der Waals surface area contributed by atoms with Crippen LogP contribution in [-0.2, 0) is 0 Å². The van der Waals surface area contributed by atoms with E-state index in [0.717, 1.165) is 9.13 Å². The van der Waals surface area contributed by atoms with Gasteiger partial charge in [-0.1, -0.05) is 11.6 Å². The summed E-state index contributed by atoms with van der Waals surface area (Å²) >= 11 is 7.92. The second-order valence-electron chi connectivity index (χ2n) is 2.45. The standard InChI is InChI=1S/C8H7ClINO/c1-4-2-7(10)6(9)3-5(4)8(11)12/h2-3H,1H3,(H2,11,12). The summed E-state index contributed by atoms with van der Waals surface area (Å²) in [6, 6.07) is 3.43. The molecule has 0 aromatic heterocycles. The fourth-order valence-corrected chi connectivity index (χ4v) is 1.70. The second kappa shape index (κ2) is 3.62. The summed E-state index contributed by atoms with van der Waals surface area (Å²) in [5.74, 6) is -0.439. The van der Waals surface area contributed by atoms with Gasteiger partial charge in [-0.3, -0.25) is 4.79 Å². The Labute approximate surface area is 89.2 Å². The van der Waals surface area contributed by atoms with Crippen LogP contribution < -0.4 is 5.73 Å². The molecule has 1 amide bonds. The molecule has 0 heterocycles. The molecule has 1 aromatic rings. The highest BCUT2D eigenvalue weighted by atomic mass is 127. The van der Waals surface area contributed by atoms with E-state index in [2.05, 4.69) is 22.6 Å². The highest BCUT2D eigenvalue weighted by Crippen LogP contribution is 2.22. The quantitative estimate of drug-likeness (QED) is 0.794. The first kappa shape index (κ1) is 9.80.